The first kappa shape index (κ1) is 12.2. The van der Waals surface area contributed by atoms with Gasteiger partial charge >= 0.3 is 0 Å². The Morgan fingerprint density at radius 3 is 2.47 bits per heavy atom. The van der Waals surface area contributed by atoms with Gasteiger partial charge in [0.05, 0.1) is 13.2 Å². The minimum absolute atomic E-state index is 0.550. The van der Waals surface area contributed by atoms with Gasteiger partial charge in [-0.2, -0.15) is 0 Å². The molecule has 0 saturated heterocycles. The van der Waals surface area contributed by atoms with Crippen LogP contribution in [0.2, 0.25) is 5.02 Å². The molecular formula is C14H14BClO. The van der Waals surface area contributed by atoms with Gasteiger partial charge in [0.15, 0.2) is 0 Å². The molecule has 0 aliphatic rings. The van der Waals surface area contributed by atoms with Crippen molar-refractivity contribution in [3.63, 3.8) is 0 Å². The number of ether oxygens (including phenoxy) is 1. The van der Waals surface area contributed by atoms with Crippen molar-refractivity contribution in [1.29, 1.82) is 0 Å². The Balaban J connectivity index is 1.90. The Labute approximate surface area is 108 Å². The third-order valence-electron chi connectivity index (χ3n) is 2.58. The van der Waals surface area contributed by atoms with Crippen LogP contribution in [0.4, 0.5) is 0 Å². The van der Waals surface area contributed by atoms with Crippen molar-refractivity contribution in [2.75, 3.05) is 0 Å². The summed E-state index contributed by atoms with van der Waals surface area (Å²) in [5.74, 6) is 0. The van der Waals surface area contributed by atoms with Gasteiger partial charge in [0, 0.05) is 5.02 Å². The van der Waals surface area contributed by atoms with Crippen molar-refractivity contribution < 1.29 is 4.74 Å². The van der Waals surface area contributed by atoms with E-state index in [1.807, 2.05) is 44.2 Å². The first-order chi connectivity index (χ1) is 8.25. The number of hydrogen-bond acceptors (Lipinski definition) is 1. The molecule has 0 atom stereocenters. The van der Waals surface area contributed by atoms with Gasteiger partial charge in [-0.3, -0.25) is 0 Å². The second-order valence-corrected chi connectivity index (χ2v) is 4.48. The lowest BCUT2D eigenvalue weighted by Crippen LogP contribution is -2.03. The van der Waals surface area contributed by atoms with Gasteiger partial charge in [-0.15, -0.1) is 0 Å². The van der Waals surface area contributed by atoms with E-state index >= 15 is 0 Å². The van der Waals surface area contributed by atoms with Crippen LogP contribution in [0.15, 0.2) is 48.5 Å². The molecule has 0 radical (unpaired) electrons. The molecule has 1 nitrogen and oxygen atoms in total. The highest BCUT2D eigenvalue weighted by Gasteiger charge is 2.00. The molecule has 0 N–H and O–H groups in total. The molecule has 0 aromatic heterocycles. The van der Waals surface area contributed by atoms with Gasteiger partial charge in [-0.1, -0.05) is 59.5 Å². The van der Waals surface area contributed by atoms with Crippen LogP contribution >= 0.6 is 11.6 Å². The summed E-state index contributed by atoms with van der Waals surface area (Å²) in [4.78, 5) is 0. The molecule has 0 bridgehead atoms. The van der Waals surface area contributed by atoms with E-state index in [1.54, 1.807) is 0 Å². The summed E-state index contributed by atoms with van der Waals surface area (Å²) >= 11 is 6.13. The predicted molar refractivity (Wildman–Crippen MR) is 74.6 cm³/mol. The minimum Gasteiger partial charge on any atom is -0.372 e. The van der Waals surface area contributed by atoms with Crippen LogP contribution < -0.4 is 5.46 Å². The van der Waals surface area contributed by atoms with Gasteiger partial charge in [0.25, 0.3) is 0 Å². The molecule has 2 aromatic carbocycles. The van der Waals surface area contributed by atoms with Crippen molar-refractivity contribution in [3.05, 3.63) is 64.7 Å². The van der Waals surface area contributed by atoms with E-state index in [-0.39, 0.29) is 0 Å². The highest BCUT2D eigenvalue weighted by Crippen LogP contribution is 2.15. The fraction of sp³-hybridized carbons (Fsp3) is 0.143. The predicted octanol–water partition coefficient (Wildman–Crippen LogP) is 2.32. The fourth-order valence-corrected chi connectivity index (χ4v) is 1.91. The first-order valence-electron chi connectivity index (χ1n) is 5.62. The molecule has 17 heavy (non-hydrogen) atoms. The summed E-state index contributed by atoms with van der Waals surface area (Å²) in [6, 6.07) is 16.2. The van der Waals surface area contributed by atoms with Gasteiger partial charge < -0.3 is 4.74 Å². The monoisotopic (exact) mass is 244 g/mol. The maximum absolute atomic E-state index is 6.13. The van der Waals surface area contributed by atoms with Crippen LogP contribution in [0, 0.1) is 0 Å². The van der Waals surface area contributed by atoms with E-state index in [4.69, 9.17) is 16.3 Å². The van der Waals surface area contributed by atoms with Gasteiger partial charge in [0.1, 0.15) is 7.85 Å². The summed E-state index contributed by atoms with van der Waals surface area (Å²) in [7, 11) is 2.03. The molecule has 86 valence electrons. The first-order valence-corrected chi connectivity index (χ1v) is 6.00. The zero-order valence-corrected chi connectivity index (χ0v) is 10.6. The quantitative estimate of drug-likeness (QED) is 0.750. The number of rotatable bonds is 4. The second kappa shape index (κ2) is 5.90. The topological polar surface area (TPSA) is 9.23 Å². The fourth-order valence-electron chi connectivity index (χ4n) is 1.62. The lowest BCUT2D eigenvalue weighted by molar-refractivity contribution is 0.107. The lowest BCUT2D eigenvalue weighted by Gasteiger charge is -2.07. The molecule has 0 spiro atoms. The molecule has 0 heterocycles. The third-order valence-corrected chi connectivity index (χ3v) is 2.93. The summed E-state index contributed by atoms with van der Waals surface area (Å²) in [6.45, 7) is 1.17. The highest BCUT2D eigenvalue weighted by atomic mass is 35.5. The molecule has 0 aliphatic heterocycles. The second-order valence-electron chi connectivity index (χ2n) is 4.07. The summed E-state index contributed by atoms with van der Waals surface area (Å²) in [5, 5.41) is 0.776. The van der Waals surface area contributed by atoms with Crippen molar-refractivity contribution in [3.8, 4) is 0 Å². The SMILES string of the molecule is Bc1ccc(COCc2ccccc2)c(Cl)c1. The Kier molecular flexibility index (Phi) is 4.24. The van der Waals surface area contributed by atoms with E-state index in [0.29, 0.717) is 13.2 Å². The van der Waals surface area contributed by atoms with Crippen molar-refractivity contribution >= 4 is 24.9 Å². The minimum atomic E-state index is 0.550. The molecular weight excluding hydrogens is 230 g/mol. The zero-order valence-electron chi connectivity index (χ0n) is 9.82. The van der Waals surface area contributed by atoms with Crippen molar-refractivity contribution in [1.82, 2.24) is 0 Å². The van der Waals surface area contributed by atoms with E-state index in [9.17, 15) is 0 Å². The smallest absolute Gasteiger partial charge is 0.139 e. The molecule has 0 fully saturated rings. The average molecular weight is 245 g/mol. The maximum Gasteiger partial charge on any atom is 0.139 e. The van der Waals surface area contributed by atoms with Crippen LogP contribution in [0.5, 0.6) is 0 Å². The lowest BCUT2D eigenvalue weighted by atomic mass is 9.95. The van der Waals surface area contributed by atoms with Crippen LogP contribution in [-0.4, -0.2) is 7.85 Å². The highest BCUT2D eigenvalue weighted by molar-refractivity contribution is 6.36. The van der Waals surface area contributed by atoms with Gasteiger partial charge in [-0.25, -0.2) is 0 Å². The van der Waals surface area contributed by atoms with Crippen LogP contribution in [0.3, 0.4) is 0 Å². The molecule has 0 unspecified atom stereocenters. The van der Waals surface area contributed by atoms with Gasteiger partial charge in [-0.05, 0) is 17.2 Å². The standard InChI is InChI=1S/C14H14BClO/c15-13-7-6-12(14(16)8-13)10-17-9-11-4-2-1-3-5-11/h1-8H,9-10,15H2. The molecule has 0 saturated carbocycles. The zero-order chi connectivity index (χ0) is 12.1. The summed E-state index contributed by atoms with van der Waals surface area (Å²) in [5.41, 5.74) is 3.38. The molecule has 0 aliphatic carbocycles. The van der Waals surface area contributed by atoms with Crippen molar-refractivity contribution in [2.24, 2.45) is 0 Å². The largest absolute Gasteiger partial charge is 0.372 e. The van der Waals surface area contributed by atoms with Gasteiger partial charge in [0.2, 0.25) is 0 Å². The Morgan fingerprint density at radius 2 is 1.76 bits per heavy atom. The maximum atomic E-state index is 6.13. The number of halogens is 1. The normalized spacial score (nSPS) is 10.4. The van der Waals surface area contributed by atoms with E-state index in [1.165, 1.54) is 11.0 Å². The third kappa shape index (κ3) is 3.62. The summed E-state index contributed by atoms with van der Waals surface area (Å²) < 4.78 is 5.64. The molecule has 2 rings (SSSR count). The Morgan fingerprint density at radius 1 is 1.00 bits per heavy atom. The van der Waals surface area contributed by atoms with Crippen LogP contribution in [-0.2, 0) is 18.0 Å². The van der Waals surface area contributed by atoms with E-state index < -0.39 is 0 Å². The Bertz CT molecular complexity index is 485. The molecule has 0 amide bonds. The molecule has 2 aromatic rings. The molecule has 3 heteroatoms. The van der Waals surface area contributed by atoms with Crippen LogP contribution in [0.1, 0.15) is 11.1 Å². The number of hydrogen-bond donors (Lipinski definition) is 0. The van der Waals surface area contributed by atoms with E-state index in [0.717, 1.165) is 10.6 Å². The Hall–Kier alpha value is -1.25. The van der Waals surface area contributed by atoms with Crippen LogP contribution in [0.25, 0.3) is 0 Å². The van der Waals surface area contributed by atoms with Crippen molar-refractivity contribution in [2.45, 2.75) is 13.2 Å². The van der Waals surface area contributed by atoms with E-state index in [2.05, 4.69) is 12.1 Å². The summed E-state index contributed by atoms with van der Waals surface area (Å²) in [6.07, 6.45) is 0. The average Bonchev–Trinajstić information content (AvgIpc) is 2.33. The number of benzene rings is 2.